The minimum Gasteiger partial charge on any atom is -0.465 e. The van der Waals surface area contributed by atoms with Crippen molar-refractivity contribution in [2.75, 3.05) is 39.3 Å². The SMILES string of the molecule is CC(C)(C)N1C[C@H]2CN(CCCOC(=O)C3CCC3)C[C@H]2C1. The number of likely N-dealkylation sites (tertiary alicyclic amines) is 2. The molecule has 0 bridgehead atoms. The van der Waals surface area contributed by atoms with Crippen LogP contribution in [0.4, 0.5) is 0 Å². The lowest BCUT2D eigenvalue weighted by Gasteiger charge is -2.33. The van der Waals surface area contributed by atoms with E-state index in [0.29, 0.717) is 12.1 Å². The summed E-state index contributed by atoms with van der Waals surface area (Å²) >= 11 is 0. The molecule has 4 nitrogen and oxygen atoms in total. The number of hydrogen-bond acceptors (Lipinski definition) is 4. The highest BCUT2D eigenvalue weighted by molar-refractivity contribution is 5.73. The summed E-state index contributed by atoms with van der Waals surface area (Å²) < 4.78 is 5.39. The Bertz CT molecular complexity index is 386. The van der Waals surface area contributed by atoms with Crippen LogP contribution in [0.2, 0.25) is 0 Å². The van der Waals surface area contributed by atoms with Gasteiger partial charge in [-0.3, -0.25) is 9.69 Å². The van der Waals surface area contributed by atoms with Crippen LogP contribution in [-0.2, 0) is 9.53 Å². The van der Waals surface area contributed by atoms with E-state index in [1.807, 2.05) is 0 Å². The van der Waals surface area contributed by atoms with Crippen LogP contribution in [0.1, 0.15) is 46.5 Å². The topological polar surface area (TPSA) is 32.8 Å². The summed E-state index contributed by atoms with van der Waals surface area (Å²) in [6.45, 7) is 13.6. The quantitative estimate of drug-likeness (QED) is 0.577. The van der Waals surface area contributed by atoms with Gasteiger partial charge in [0.25, 0.3) is 0 Å². The molecule has 22 heavy (non-hydrogen) atoms. The lowest BCUT2D eigenvalue weighted by Crippen LogP contribution is -2.41. The molecule has 0 amide bonds. The van der Waals surface area contributed by atoms with E-state index in [9.17, 15) is 4.79 Å². The molecule has 0 aromatic rings. The van der Waals surface area contributed by atoms with Crippen LogP contribution in [0, 0.1) is 17.8 Å². The lowest BCUT2D eigenvalue weighted by molar-refractivity contribution is -0.151. The maximum absolute atomic E-state index is 11.7. The summed E-state index contributed by atoms with van der Waals surface area (Å²) in [6.07, 6.45) is 4.26. The van der Waals surface area contributed by atoms with E-state index in [1.54, 1.807) is 0 Å². The van der Waals surface area contributed by atoms with Crippen molar-refractivity contribution in [3.05, 3.63) is 0 Å². The van der Waals surface area contributed by atoms with Gasteiger partial charge in [0.1, 0.15) is 0 Å². The fourth-order valence-corrected chi connectivity index (χ4v) is 4.04. The number of esters is 1. The summed E-state index contributed by atoms with van der Waals surface area (Å²) in [6, 6.07) is 0. The molecule has 3 rings (SSSR count). The normalized spacial score (nSPS) is 30.3. The summed E-state index contributed by atoms with van der Waals surface area (Å²) in [4.78, 5) is 16.9. The van der Waals surface area contributed by atoms with E-state index in [4.69, 9.17) is 4.74 Å². The van der Waals surface area contributed by atoms with Gasteiger partial charge >= 0.3 is 5.97 Å². The predicted octanol–water partition coefficient (Wildman–Crippen LogP) is 2.38. The van der Waals surface area contributed by atoms with Gasteiger partial charge in [-0.15, -0.1) is 0 Å². The minimum absolute atomic E-state index is 0.0466. The third kappa shape index (κ3) is 3.65. The molecule has 0 spiro atoms. The summed E-state index contributed by atoms with van der Waals surface area (Å²) in [5.74, 6) is 1.95. The molecule has 2 aliphatic heterocycles. The first-order chi connectivity index (χ1) is 10.4. The molecule has 0 radical (unpaired) electrons. The second kappa shape index (κ2) is 6.48. The third-order valence-corrected chi connectivity index (χ3v) is 5.81. The fourth-order valence-electron chi connectivity index (χ4n) is 4.04. The van der Waals surface area contributed by atoms with Crippen molar-refractivity contribution in [3.8, 4) is 0 Å². The number of rotatable bonds is 5. The Hall–Kier alpha value is -0.610. The Labute approximate surface area is 135 Å². The maximum atomic E-state index is 11.7. The number of carbonyl (C=O) groups excluding carboxylic acids is 1. The van der Waals surface area contributed by atoms with Crippen LogP contribution in [0.25, 0.3) is 0 Å². The van der Waals surface area contributed by atoms with E-state index in [-0.39, 0.29) is 11.9 Å². The molecule has 0 N–H and O–H groups in total. The molecule has 1 saturated carbocycles. The third-order valence-electron chi connectivity index (χ3n) is 5.81. The van der Waals surface area contributed by atoms with Crippen molar-refractivity contribution < 1.29 is 9.53 Å². The lowest BCUT2D eigenvalue weighted by atomic mass is 9.86. The van der Waals surface area contributed by atoms with E-state index in [1.165, 1.54) is 32.6 Å². The van der Waals surface area contributed by atoms with Crippen LogP contribution in [0.15, 0.2) is 0 Å². The Morgan fingerprint density at radius 1 is 1.09 bits per heavy atom. The van der Waals surface area contributed by atoms with Crippen molar-refractivity contribution in [2.24, 2.45) is 17.8 Å². The van der Waals surface area contributed by atoms with Gasteiger partial charge in [-0.2, -0.15) is 0 Å². The van der Waals surface area contributed by atoms with Crippen molar-refractivity contribution >= 4 is 5.97 Å². The van der Waals surface area contributed by atoms with E-state index >= 15 is 0 Å². The standard InChI is InChI=1S/C18H32N2O2/c1-18(2,3)20-12-15-10-19(11-16(15)13-20)8-5-9-22-17(21)14-6-4-7-14/h14-16H,4-13H2,1-3H3/t15-,16+. The van der Waals surface area contributed by atoms with Crippen LogP contribution < -0.4 is 0 Å². The zero-order valence-electron chi connectivity index (χ0n) is 14.5. The van der Waals surface area contributed by atoms with Crippen LogP contribution in [0.3, 0.4) is 0 Å². The highest BCUT2D eigenvalue weighted by Crippen LogP contribution is 2.34. The average molecular weight is 308 g/mol. The number of fused-ring (bicyclic) bond motifs is 1. The van der Waals surface area contributed by atoms with Crippen LogP contribution in [-0.4, -0.2) is 60.6 Å². The Balaban J connectivity index is 1.31. The molecule has 126 valence electrons. The van der Waals surface area contributed by atoms with Gasteiger partial charge in [-0.25, -0.2) is 0 Å². The zero-order valence-corrected chi connectivity index (χ0v) is 14.5. The van der Waals surface area contributed by atoms with Crippen LogP contribution >= 0.6 is 0 Å². The fraction of sp³-hybridized carbons (Fsp3) is 0.944. The molecule has 0 unspecified atom stereocenters. The van der Waals surface area contributed by atoms with Gasteiger partial charge in [-0.1, -0.05) is 6.42 Å². The van der Waals surface area contributed by atoms with Gasteiger partial charge < -0.3 is 9.64 Å². The Kier molecular flexibility index (Phi) is 4.79. The molecule has 3 aliphatic rings. The minimum atomic E-state index is 0.0466. The van der Waals surface area contributed by atoms with Crippen molar-refractivity contribution in [1.82, 2.24) is 9.80 Å². The van der Waals surface area contributed by atoms with Crippen LogP contribution in [0.5, 0.6) is 0 Å². The predicted molar refractivity (Wildman–Crippen MR) is 87.7 cm³/mol. The summed E-state index contributed by atoms with van der Waals surface area (Å²) in [5, 5.41) is 0. The molecular weight excluding hydrogens is 276 g/mol. The Morgan fingerprint density at radius 2 is 1.73 bits per heavy atom. The molecule has 1 aliphatic carbocycles. The van der Waals surface area contributed by atoms with Gasteiger partial charge in [0.15, 0.2) is 0 Å². The van der Waals surface area contributed by atoms with Gasteiger partial charge in [0, 0.05) is 38.3 Å². The Morgan fingerprint density at radius 3 is 2.23 bits per heavy atom. The molecular formula is C18H32N2O2. The molecule has 0 aromatic heterocycles. The highest BCUT2D eigenvalue weighted by Gasteiger charge is 2.42. The number of ether oxygens (including phenoxy) is 1. The molecule has 3 fully saturated rings. The van der Waals surface area contributed by atoms with E-state index in [2.05, 4.69) is 30.6 Å². The van der Waals surface area contributed by atoms with Gasteiger partial charge in [0.05, 0.1) is 12.5 Å². The van der Waals surface area contributed by atoms with E-state index < -0.39 is 0 Å². The highest BCUT2D eigenvalue weighted by atomic mass is 16.5. The van der Waals surface area contributed by atoms with Gasteiger partial charge in [0.2, 0.25) is 0 Å². The monoisotopic (exact) mass is 308 g/mol. The first-order valence-electron chi connectivity index (χ1n) is 9.07. The average Bonchev–Trinajstić information content (AvgIpc) is 2.89. The molecule has 0 aromatic carbocycles. The largest absolute Gasteiger partial charge is 0.465 e. The second-order valence-electron chi connectivity index (χ2n) is 8.50. The molecule has 2 saturated heterocycles. The smallest absolute Gasteiger partial charge is 0.308 e. The summed E-state index contributed by atoms with van der Waals surface area (Å²) in [7, 11) is 0. The molecule has 4 heteroatoms. The van der Waals surface area contributed by atoms with Gasteiger partial charge in [-0.05, 0) is 51.9 Å². The number of nitrogens with zero attached hydrogens (tertiary/aromatic N) is 2. The van der Waals surface area contributed by atoms with Crippen molar-refractivity contribution in [2.45, 2.75) is 52.0 Å². The summed E-state index contributed by atoms with van der Waals surface area (Å²) in [5.41, 5.74) is 0.310. The first-order valence-corrected chi connectivity index (χ1v) is 9.07. The van der Waals surface area contributed by atoms with E-state index in [0.717, 1.165) is 37.6 Å². The molecule has 2 atom stereocenters. The first kappa shape index (κ1) is 16.3. The van der Waals surface area contributed by atoms with Crippen molar-refractivity contribution in [3.63, 3.8) is 0 Å². The van der Waals surface area contributed by atoms with Crippen molar-refractivity contribution in [1.29, 1.82) is 0 Å². The number of carbonyl (C=O) groups is 1. The molecule has 2 heterocycles. The second-order valence-corrected chi connectivity index (χ2v) is 8.50. The zero-order chi connectivity index (χ0) is 15.7. The maximum Gasteiger partial charge on any atom is 0.308 e. The number of hydrogen-bond donors (Lipinski definition) is 0.